The first-order chi connectivity index (χ1) is 14.4. The van der Waals surface area contributed by atoms with Crippen molar-refractivity contribution in [2.75, 3.05) is 40.3 Å². The summed E-state index contributed by atoms with van der Waals surface area (Å²) >= 11 is 0. The Kier molecular flexibility index (Phi) is 10.6. The number of carboxylic acids is 2. The van der Waals surface area contributed by atoms with E-state index in [9.17, 15) is 4.79 Å². The van der Waals surface area contributed by atoms with Gasteiger partial charge in [0, 0.05) is 25.6 Å². The van der Waals surface area contributed by atoms with Gasteiger partial charge in [0.1, 0.15) is 0 Å². The molecule has 174 valence electrons. The molecule has 2 rings (SSSR count). The van der Waals surface area contributed by atoms with Crippen LogP contribution in [-0.2, 0) is 20.9 Å². The molecule has 8 heteroatoms. The van der Waals surface area contributed by atoms with E-state index < -0.39 is 11.9 Å². The average Bonchev–Trinajstić information content (AvgIpc) is 2.66. The Bertz CT molecular complexity index is 728. The molecular formula is C23H37N3O5. The Balaban J connectivity index is 0.000000703. The van der Waals surface area contributed by atoms with Gasteiger partial charge in [-0.15, -0.1) is 0 Å². The number of nitrogens with one attached hydrogen (secondary N) is 1. The number of piperidine rings is 1. The number of rotatable bonds is 7. The van der Waals surface area contributed by atoms with Crippen LogP contribution >= 0.6 is 0 Å². The Labute approximate surface area is 185 Å². The molecule has 1 aliphatic rings. The van der Waals surface area contributed by atoms with Crippen LogP contribution in [0.5, 0.6) is 0 Å². The van der Waals surface area contributed by atoms with Gasteiger partial charge in [0.15, 0.2) is 0 Å². The lowest BCUT2D eigenvalue weighted by atomic mass is 9.91. The average molecular weight is 436 g/mol. The van der Waals surface area contributed by atoms with Crippen LogP contribution < -0.4 is 5.32 Å². The normalized spacial score (nSPS) is 15.2. The quantitative estimate of drug-likeness (QED) is 0.562. The first-order valence-electron chi connectivity index (χ1n) is 10.6. The van der Waals surface area contributed by atoms with Crippen molar-refractivity contribution < 1.29 is 24.6 Å². The molecule has 1 aliphatic heterocycles. The molecule has 1 fully saturated rings. The maximum atomic E-state index is 12.5. The first kappa shape index (κ1) is 26.6. The zero-order valence-electron chi connectivity index (χ0n) is 19.4. The van der Waals surface area contributed by atoms with E-state index >= 15 is 0 Å². The van der Waals surface area contributed by atoms with Crippen molar-refractivity contribution in [3.63, 3.8) is 0 Å². The highest BCUT2D eigenvalue weighted by Crippen LogP contribution is 2.21. The largest absolute Gasteiger partial charge is 0.473 e. The minimum absolute atomic E-state index is 0.102. The lowest BCUT2D eigenvalue weighted by Crippen LogP contribution is -2.44. The van der Waals surface area contributed by atoms with Crippen LogP contribution in [0.1, 0.15) is 37.8 Å². The summed E-state index contributed by atoms with van der Waals surface area (Å²) in [6.07, 6.45) is 1.93. The van der Waals surface area contributed by atoms with Gasteiger partial charge in [-0.05, 0) is 57.9 Å². The number of aryl methyl sites for hydroxylation is 1. The molecule has 0 radical (unpaired) electrons. The maximum Gasteiger partial charge on any atom is 0.414 e. The van der Waals surface area contributed by atoms with Crippen molar-refractivity contribution in [3.8, 4) is 0 Å². The van der Waals surface area contributed by atoms with Crippen LogP contribution in [0, 0.1) is 18.3 Å². The number of carboxylic acid groups (broad SMARTS) is 2. The molecule has 1 amide bonds. The van der Waals surface area contributed by atoms with Crippen molar-refractivity contribution in [2.45, 2.75) is 40.2 Å². The second kappa shape index (κ2) is 12.4. The highest BCUT2D eigenvalue weighted by Gasteiger charge is 2.27. The van der Waals surface area contributed by atoms with E-state index in [0.717, 1.165) is 45.6 Å². The highest BCUT2D eigenvalue weighted by atomic mass is 16.4. The number of aliphatic carboxylic acids is 2. The standard InChI is InChI=1S/C21H35N3O.C2H2O4/c1-17-7-6-8-18(13-17)14-24-11-9-19(10-12-24)20(25)22-15-21(2,3)16-23(4)5;3-1(4)2(5)6/h6-8,13,19H,9-12,14-16H2,1-5H3,(H,22,25);(H,3,4)(H,5,6). The third kappa shape index (κ3) is 10.9. The van der Waals surface area contributed by atoms with Crippen LogP contribution in [-0.4, -0.2) is 78.1 Å². The summed E-state index contributed by atoms with van der Waals surface area (Å²) in [5.74, 6) is -3.24. The monoisotopic (exact) mass is 435 g/mol. The van der Waals surface area contributed by atoms with Crippen molar-refractivity contribution >= 4 is 17.8 Å². The molecule has 1 heterocycles. The summed E-state index contributed by atoms with van der Waals surface area (Å²) < 4.78 is 0. The number of carbonyl (C=O) groups is 3. The van der Waals surface area contributed by atoms with E-state index in [1.54, 1.807) is 0 Å². The number of hydrogen-bond acceptors (Lipinski definition) is 5. The van der Waals surface area contributed by atoms with Gasteiger partial charge < -0.3 is 20.4 Å². The van der Waals surface area contributed by atoms with E-state index in [1.165, 1.54) is 11.1 Å². The van der Waals surface area contributed by atoms with Crippen LogP contribution in [0.2, 0.25) is 0 Å². The summed E-state index contributed by atoms with van der Waals surface area (Å²) in [7, 11) is 4.15. The summed E-state index contributed by atoms with van der Waals surface area (Å²) in [5, 5.41) is 18.0. The topological polar surface area (TPSA) is 110 Å². The Morgan fingerprint density at radius 2 is 1.71 bits per heavy atom. The number of nitrogens with zero attached hydrogens (tertiary/aromatic N) is 2. The number of carbonyl (C=O) groups excluding carboxylic acids is 1. The smallest absolute Gasteiger partial charge is 0.414 e. The van der Waals surface area contributed by atoms with Crippen molar-refractivity contribution in [1.82, 2.24) is 15.1 Å². The van der Waals surface area contributed by atoms with Crippen LogP contribution in [0.3, 0.4) is 0 Å². The third-order valence-corrected chi connectivity index (χ3v) is 5.12. The van der Waals surface area contributed by atoms with Gasteiger partial charge in [-0.3, -0.25) is 9.69 Å². The fourth-order valence-corrected chi connectivity index (χ4v) is 3.80. The summed E-state index contributed by atoms with van der Waals surface area (Å²) in [6, 6.07) is 8.71. The van der Waals surface area contributed by atoms with Crippen molar-refractivity contribution in [2.24, 2.45) is 11.3 Å². The van der Waals surface area contributed by atoms with Gasteiger partial charge in [-0.25, -0.2) is 9.59 Å². The molecule has 0 saturated carbocycles. The van der Waals surface area contributed by atoms with Crippen molar-refractivity contribution in [3.05, 3.63) is 35.4 Å². The fourth-order valence-electron chi connectivity index (χ4n) is 3.80. The van der Waals surface area contributed by atoms with Crippen LogP contribution in [0.25, 0.3) is 0 Å². The zero-order valence-corrected chi connectivity index (χ0v) is 19.4. The minimum atomic E-state index is -1.82. The molecule has 3 N–H and O–H groups in total. The predicted octanol–water partition coefficient (Wildman–Crippen LogP) is 2.07. The Morgan fingerprint density at radius 1 is 1.13 bits per heavy atom. The van der Waals surface area contributed by atoms with E-state index in [2.05, 4.69) is 74.2 Å². The van der Waals surface area contributed by atoms with E-state index in [-0.39, 0.29) is 17.2 Å². The molecule has 0 aliphatic carbocycles. The van der Waals surface area contributed by atoms with Gasteiger partial charge in [-0.1, -0.05) is 43.7 Å². The second-order valence-corrected chi connectivity index (χ2v) is 9.27. The Hall–Kier alpha value is -2.45. The van der Waals surface area contributed by atoms with Crippen molar-refractivity contribution in [1.29, 1.82) is 0 Å². The molecular weight excluding hydrogens is 398 g/mol. The number of amides is 1. The van der Waals surface area contributed by atoms with Gasteiger partial charge in [0.05, 0.1) is 0 Å². The van der Waals surface area contributed by atoms with Gasteiger partial charge >= 0.3 is 11.9 Å². The predicted molar refractivity (Wildman–Crippen MR) is 120 cm³/mol. The zero-order chi connectivity index (χ0) is 23.6. The van der Waals surface area contributed by atoms with Gasteiger partial charge in [0.2, 0.25) is 5.91 Å². The van der Waals surface area contributed by atoms with E-state index in [1.807, 2.05) is 0 Å². The first-order valence-corrected chi connectivity index (χ1v) is 10.6. The van der Waals surface area contributed by atoms with Gasteiger partial charge in [-0.2, -0.15) is 0 Å². The molecule has 0 bridgehead atoms. The Morgan fingerprint density at radius 3 is 2.19 bits per heavy atom. The fraction of sp³-hybridized carbons (Fsp3) is 0.609. The number of hydrogen-bond donors (Lipinski definition) is 3. The highest BCUT2D eigenvalue weighted by molar-refractivity contribution is 6.27. The second-order valence-electron chi connectivity index (χ2n) is 9.27. The lowest BCUT2D eigenvalue weighted by molar-refractivity contribution is -0.159. The molecule has 0 aromatic heterocycles. The van der Waals surface area contributed by atoms with E-state index in [4.69, 9.17) is 19.8 Å². The lowest BCUT2D eigenvalue weighted by Gasteiger charge is -2.33. The molecule has 31 heavy (non-hydrogen) atoms. The van der Waals surface area contributed by atoms with Crippen LogP contribution in [0.15, 0.2) is 24.3 Å². The molecule has 8 nitrogen and oxygen atoms in total. The van der Waals surface area contributed by atoms with E-state index in [0.29, 0.717) is 0 Å². The number of likely N-dealkylation sites (tertiary alicyclic amines) is 1. The maximum absolute atomic E-state index is 12.5. The number of benzene rings is 1. The summed E-state index contributed by atoms with van der Waals surface area (Å²) in [5.41, 5.74) is 2.78. The van der Waals surface area contributed by atoms with Gasteiger partial charge in [0.25, 0.3) is 0 Å². The molecule has 0 atom stereocenters. The molecule has 1 saturated heterocycles. The van der Waals surface area contributed by atoms with Crippen LogP contribution in [0.4, 0.5) is 0 Å². The molecule has 0 spiro atoms. The summed E-state index contributed by atoms with van der Waals surface area (Å²) in [6.45, 7) is 11.3. The SMILES string of the molecule is Cc1cccc(CN2CCC(C(=O)NCC(C)(C)CN(C)C)CC2)c1.O=C(O)C(=O)O. The molecule has 1 aromatic carbocycles. The summed E-state index contributed by atoms with van der Waals surface area (Å²) in [4.78, 5) is 35.3. The minimum Gasteiger partial charge on any atom is -0.473 e. The molecule has 1 aromatic rings. The third-order valence-electron chi connectivity index (χ3n) is 5.12. The molecule has 0 unspecified atom stereocenters.